The molecule has 0 aliphatic rings. The quantitative estimate of drug-likeness (QED) is 0.474. The smallest absolute Gasteiger partial charge is 0.316 e. The molecule has 1 aromatic heterocycles. The van der Waals surface area contributed by atoms with Crippen LogP contribution in [0, 0.1) is 0 Å². The van der Waals surface area contributed by atoms with Crippen LogP contribution in [0.2, 0.25) is 0 Å². The average molecular weight is 290 g/mol. The van der Waals surface area contributed by atoms with E-state index in [9.17, 15) is 9.59 Å². The summed E-state index contributed by atoms with van der Waals surface area (Å²) in [6.45, 7) is 0.865. The number of aromatic amines is 1. The number of benzene rings is 1. The van der Waals surface area contributed by atoms with Crippen molar-refractivity contribution in [2.45, 2.75) is 0 Å². The van der Waals surface area contributed by atoms with Crippen LogP contribution in [-0.4, -0.2) is 48.1 Å². The van der Waals surface area contributed by atoms with Gasteiger partial charge in [0, 0.05) is 32.9 Å². The molecular formula is C13H18N6O2. The zero-order chi connectivity index (χ0) is 15.4. The second-order valence-electron chi connectivity index (χ2n) is 4.74. The first-order valence-electron chi connectivity index (χ1n) is 6.46. The molecule has 2 rings (SSSR count). The number of hydrogen-bond donors (Lipinski definition) is 4. The highest BCUT2D eigenvalue weighted by atomic mass is 16.2. The van der Waals surface area contributed by atoms with Crippen molar-refractivity contribution in [3.63, 3.8) is 0 Å². The number of nitrogens with one attached hydrogen (secondary N) is 3. The van der Waals surface area contributed by atoms with Gasteiger partial charge in [0.15, 0.2) is 0 Å². The molecule has 0 spiro atoms. The first-order chi connectivity index (χ1) is 9.97. The first-order valence-corrected chi connectivity index (χ1v) is 6.46. The van der Waals surface area contributed by atoms with Gasteiger partial charge in [0.05, 0.1) is 10.9 Å². The predicted molar refractivity (Wildman–Crippen MR) is 82.4 cm³/mol. The zero-order valence-corrected chi connectivity index (χ0v) is 11.9. The third-order valence-electron chi connectivity index (χ3n) is 2.83. The van der Waals surface area contributed by atoms with Crippen molar-refractivity contribution in [1.82, 2.24) is 20.2 Å². The van der Waals surface area contributed by atoms with Crippen LogP contribution in [0.5, 0.6) is 0 Å². The van der Waals surface area contributed by atoms with Crippen LogP contribution in [0.3, 0.4) is 0 Å². The lowest BCUT2D eigenvalue weighted by atomic mass is 10.2. The maximum Gasteiger partial charge on any atom is 0.316 e. The average Bonchev–Trinajstić information content (AvgIpc) is 2.44. The number of hydrogen-bond acceptors (Lipinski definition) is 5. The molecule has 21 heavy (non-hydrogen) atoms. The van der Waals surface area contributed by atoms with E-state index in [0.29, 0.717) is 35.6 Å². The fraction of sp³-hybridized carbons (Fsp3) is 0.308. The molecule has 0 aliphatic carbocycles. The van der Waals surface area contributed by atoms with Crippen LogP contribution in [0.25, 0.3) is 10.9 Å². The second kappa shape index (κ2) is 6.12. The summed E-state index contributed by atoms with van der Waals surface area (Å²) < 4.78 is 0. The molecule has 2 aromatic rings. The Balaban J connectivity index is 2.02. The monoisotopic (exact) mass is 290 g/mol. The number of nitrogen functional groups attached to an aromatic ring is 1. The highest BCUT2D eigenvalue weighted by molar-refractivity contribution is 5.81. The molecule has 0 saturated carbocycles. The van der Waals surface area contributed by atoms with Crippen LogP contribution in [0.1, 0.15) is 0 Å². The van der Waals surface area contributed by atoms with Crippen molar-refractivity contribution in [3.8, 4) is 0 Å². The molecule has 0 radical (unpaired) electrons. The van der Waals surface area contributed by atoms with Gasteiger partial charge in [-0.15, -0.1) is 0 Å². The number of aromatic nitrogens is 2. The minimum absolute atomic E-state index is 0.174. The number of nitrogens with two attached hydrogens (primary N) is 1. The van der Waals surface area contributed by atoms with Crippen molar-refractivity contribution in [2.75, 3.05) is 38.2 Å². The molecule has 0 saturated heterocycles. The van der Waals surface area contributed by atoms with Gasteiger partial charge < -0.3 is 21.3 Å². The summed E-state index contributed by atoms with van der Waals surface area (Å²) in [5.74, 6) is 0.358. The number of urea groups is 1. The fourth-order valence-corrected chi connectivity index (χ4v) is 1.75. The molecule has 0 atom stereocenters. The third kappa shape index (κ3) is 3.62. The molecule has 8 nitrogen and oxygen atoms in total. The van der Waals surface area contributed by atoms with Gasteiger partial charge in [-0.3, -0.25) is 9.78 Å². The van der Waals surface area contributed by atoms with Gasteiger partial charge in [-0.25, -0.2) is 9.78 Å². The minimum atomic E-state index is -0.257. The number of amides is 2. The van der Waals surface area contributed by atoms with E-state index in [1.54, 1.807) is 32.3 Å². The molecule has 0 aliphatic heterocycles. The van der Waals surface area contributed by atoms with E-state index < -0.39 is 0 Å². The van der Waals surface area contributed by atoms with Gasteiger partial charge in [-0.2, -0.15) is 0 Å². The molecule has 112 valence electrons. The molecule has 1 heterocycles. The Morgan fingerprint density at radius 3 is 2.86 bits per heavy atom. The summed E-state index contributed by atoms with van der Waals surface area (Å²) >= 11 is 0. The summed E-state index contributed by atoms with van der Waals surface area (Å²) in [7, 11) is 3.33. The zero-order valence-electron chi connectivity index (χ0n) is 11.9. The summed E-state index contributed by atoms with van der Waals surface area (Å²) in [6.07, 6.45) is 0. The van der Waals surface area contributed by atoms with E-state index in [2.05, 4.69) is 20.6 Å². The highest BCUT2D eigenvalue weighted by Crippen LogP contribution is 2.12. The van der Waals surface area contributed by atoms with Gasteiger partial charge in [-0.1, -0.05) is 0 Å². The molecule has 1 aromatic carbocycles. The Kier molecular flexibility index (Phi) is 4.27. The summed E-state index contributed by atoms with van der Waals surface area (Å²) in [4.78, 5) is 31.6. The first kappa shape index (κ1) is 14.6. The summed E-state index contributed by atoms with van der Waals surface area (Å²) in [5.41, 5.74) is 6.46. The van der Waals surface area contributed by atoms with Crippen molar-refractivity contribution >= 4 is 28.6 Å². The van der Waals surface area contributed by atoms with Gasteiger partial charge in [0.25, 0.3) is 5.56 Å². The van der Waals surface area contributed by atoms with E-state index in [0.717, 1.165) is 0 Å². The van der Waals surface area contributed by atoms with Crippen molar-refractivity contribution in [1.29, 1.82) is 0 Å². The van der Waals surface area contributed by atoms with E-state index in [1.807, 2.05) is 0 Å². The van der Waals surface area contributed by atoms with Crippen molar-refractivity contribution < 1.29 is 4.79 Å². The standard InChI is InChI=1S/C13H18N6O2/c1-19(2)13(21)16-6-5-15-12-17-10-4-3-8(14)7-9(10)11(20)18-12/h3-4,7H,5-6,14H2,1-2H3,(H,16,21)(H2,15,17,18,20). The Morgan fingerprint density at radius 2 is 2.14 bits per heavy atom. The summed E-state index contributed by atoms with van der Waals surface area (Å²) in [5, 5.41) is 6.10. The molecule has 0 fully saturated rings. The number of rotatable bonds is 4. The Hall–Kier alpha value is -2.77. The molecule has 0 bridgehead atoms. The SMILES string of the molecule is CN(C)C(=O)NCCNc1nc2ccc(N)cc2c(=O)[nH]1. The molecular weight excluding hydrogens is 272 g/mol. The van der Waals surface area contributed by atoms with Gasteiger partial charge >= 0.3 is 6.03 Å². The van der Waals surface area contributed by atoms with Crippen LogP contribution in [0.15, 0.2) is 23.0 Å². The lowest BCUT2D eigenvalue weighted by molar-refractivity contribution is 0.218. The summed E-state index contributed by atoms with van der Waals surface area (Å²) in [6, 6.07) is 4.80. The lowest BCUT2D eigenvalue weighted by Crippen LogP contribution is -2.37. The Labute approximate surface area is 121 Å². The molecule has 8 heteroatoms. The fourth-order valence-electron chi connectivity index (χ4n) is 1.75. The van der Waals surface area contributed by atoms with Crippen LogP contribution >= 0.6 is 0 Å². The number of nitrogens with zero attached hydrogens (tertiary/aromatic N) is 2. The maximum absolute atomic E-state index is 11.9. The number of H-pyrrole nitrogens is 1. The lowest BCUT2D eigenvalue weighted by Gasteiger charge is -2.12. The number of carbonyl (C=O) groups is 1. The highest BCUT2D eigenvalue weighted by Gasteiger charge is 2.05. The normalized spacial score (nSPS) is 10.4. The maximum atomic E-state index is 11.9. The largest absolute Gasteiger partial charge is 0.399 e. The van der Waals surface area contributed by atoms with E-state index in [1.165, 1.54) is 4.90 Å². The molecule has 2 amide bonds. The Morgan fingerprint density at radius 1 is 1.38 bits per heavy atom. The van der Waals surface area contributed by atoms with E-state index in [-0.39, 0.29) is 11.6 Å². The van der Waals surface area contributed by atoms with Gasteiger partial charge in [-0.05, 0) is 18.2 Å². The third-order valence-corrected chi connectivity index (χ3v) is 2.83. The number of fused-ring (bicyclic) bond motifs is 1. The van der Waals surface area contributed by atoms with Crippen LogP contribution in [0.4, 0.5) is 16.4 Å². The van der Waals surface area contributed by atoms with Gasteiger partial charge in [0.2, 0.25) is 5.95 Å². The van der Waals surface area contributed by atoms with Gasteiger partial charge in [0.1, 0.15) is 0 Å². The number of carbonyl (C=O) groups excluding carboxylic acids is 1. The second-order valence-corrected chi connectivity index (χ2v) is 4.74. The van der Waals surface area contributed by atoms with Crippen LogP contribution in [-0.2, 0) is 0 Å². The van der Waals surface area contributed by atoms with Crippen molar-refractivity contribution in [3.05, 3.63) is 28.6 Å². The van der Waals surface area contributed by atoms with Crippen LogP contribution < -0.4 is 21.9 Å². The number of anilines is 2. The minimum Gasteiger partial charge on any atom is -0.399 e. The van der Waals surface area contributed by atoms with Crippen molar-refractivity contribution in [2.24, 2.45) is 0 Å². The van der Waals surface area contributed by atoms with E-state index in [4.69, 9.17) is 5.73 Å². The predicted octanol–water partition coefficient (Wildman–Crippen LogP) is 0.188. The van der Waals surface area contributed by atoms with E-state index >= 15 is 0 Å². The Bertz CT molecular complexity index is 709. The molecule has 5 N–H and O–H groups in total. The molecule has 0 unspecified atom stereocenters. The topological polar surface area (TPSA) is 116 Å².